The molecule has 2 heterocycles. The van der Waals surface area contributed by atoms with Gasteiger partial charge in [-0.15, -0.1) is 11.8 Å². The molecule has 1 N–H and O–H groups in total. The Kier molecular flexibility index (Phi) is 7.88. The SMILES string of the molecule is O=C(O)CCC1CCCN(C(=O)CSCC(=O)N2CCCCC2)C1. The van der Waals surface area contributed by atoms with E-state index in [2.05, 4.69) is 0 Å². The Morgan fingerprint density at radius 1 is 0.917 bits per heavy atom. The Morgan fingerprint density at radius 3 is 2.21 bits per heavy atom. The van der Waals surface area contributed by atoms with Crippen molar-refractivity contribution in [3.05, 3.63) is 0 Å². The lowest BCUT2D eigenvalue weighted by Gasteiger charge is -2.32. The van der Waals surface area contributed by atoms with Crippen LogP contribution < -0.4 is 0 Å². The number of carbonyl (C=O) groups is 3. The topological polar surface area (TPSA) is 77.9 Å². The molecule has 0 bridgehead atoms. The summed E-state index contributed by atoms with van der Waals surface area (Å²) in [5, 5.41) is 8.78. The van der Waals surface area contributed by atoms with Crippen molar-refractivity contribution in [1.29, 1.82) is 0 Å². The van der Waals surface area contributed by atoms with Crippen LogP contribution in [-0.2, 0) is 14.4 Å². The lowest BCUT2D eigenvalue weighted by Crippen LogP contribution is -2.41. The molecule has 0 radical (unpaired) electrons. The number of thioether (sulfide) groups is 1. The Hall–Kier alpha value is -1.24. The van der Waals surface area contributed by atoms with Crippen molar-refractivity contribution >= 4 is 29.5 Å². The fourth-order valence-corrected chi connectivity index (χ4v) is 4.22. The number of piperidine rings is 2. The number of likely N-dealkylation sites (tertiary alicyclic amines) is 2. The number of carboxylic acids is 1. The molecule has 7 heteroatoms. The molecule has 0 aromatic carbocycles. The summed E-state index contributed by atoms with van der Waals surface area (Å²) in [5.74, 6) is 0.453. The fourth-order valence-electron chi connectivity index (χ4n) is 3.41. The van der Waals surface area contributed by atoms with Crippen LogP contribution in [0, 0.1) is 5.92 Å². The summed E-state index contributed by atoms with van der Waals surface area (Å²) in [4.78, 5) is 38.8. The van der Waals surface area contributed by atoms with Crippen LogP contribution in [0.15, 0.2) is 0 Å². The van der Waals surface area contributed by atoms with Crippen LogP contribution in [0.5, 0.6) is 0 Å². The summed E-state index contributed by atoms with van der Waals surface area (Å²) >= 11 is 1.40. The number of carboxylic acid groups (broad SMARTS) is 1. The number of hydrogen-bond donors (Lipinski definition) is 1. The highest BCUT2D eigenvalue weighted by Gasteiger charge is 2.24. The van der Waals surface area contributed by atoms with Gasteiger partial charge in [0.05, 0.1) is 11.5 Å². The van der Waals surface area contributed by atoms with Crippen molar-refractivity contribution < 1.29 is 19.5 Å². The molecular weight excluding hydrogens is 328 g/mol. The Bertz CT molecular complexity index is 452. The van der Waals surface area contributed by atoms with Crippen LogP contribution in [-0.4, -0.2) is 70.4 Å². The third-order valence-corrected chi connectivity index (χ3v) is 5.70. The number of nitrogens with zero attached hydrogens (tertiary/aromatic N) is 2. The maximum absolute atomic E-state index is 12.3. The molecule has 6 nitrogen and oxygen atoms in total. The van der Waals surface area contributed by atoms with Crippen molar-refractivity contribution in [3.63, 3.8) is 0 Å². The summed E-state index contributed by atoms with van der Waals surface area (Å²) in [6, 6.07) is 0. The number of aliphatic carboxylic acids is 1. The van der Waals surface area contributed by atoms with Crippen LogP contribution in [0.3, 0.4) is 0 Å². The van der Waals surface area contributed by atoms with E-state index < -0.39 is 5.97 Å². The highest BCUT2D eigenvalue weighted by Crippen LogP contribution is 2.22. The van der Waals surface area contributed by atoms with Crippen LogP contribution in [0.2, 0.25) is 0 Å². The van der Waals surface area contributed by atoms with Gasteiger partial charge in [0.15, 0.2) is 0 Å². The van der Waals surface area contributed by atoms with Gasteiger partial charge >= 0.3 is 5.97 Å². The third-order valence-electron chi connectivity index (χ3n) is 4.80. The molecule has 1 unspecified atom stereocenters. The summed E-state index contributed by atoms with van der Waals surface area (Å²) in [6.45, 7) is 3.12. The van der Waals surface area contributed by atoms with Crippen molar-refractivity contribution in [2.24, 2.45) is 5.92 Å². The first kappa shape index (κ1) is 19.1. The van der Waals surface area contributed by atoms with Gasteiger partial charge in [-0.05, 0) is 44.4 Å². The van der Waals surface area contributed by atoms with E-state index in [4.69, 9.17) is 5.11 Å². The van der Waals surface area contributed by atoms with Gasteiger partial charge in [-0.3, -0.25) is 14.4 Å². The quantitative estimate of drug-likeness (QED) is 0.753. The molecule has 0 spiro atoms. The predicted octanol–water partition coefficient (Wildman–Crippen LogP) is 1.84. The van der Waals surface area contributed by atoms with Gasteiger partial charge in [-0.25, -0.2) is 0 Å². The molecule has 1 atom stereocenters. The zero-order chi connectivity index (χ0) is 17.4. The monoisotopic (exact) mass is 356 g/mol. The van der Waals surface area contributed by atoms with Crippen molar-refractivity contribution in [3.8, 4) is 0 Å². The number of rotatable bonds is 7. The smallest absolute Gasteiger partial charge is 0.303 e. The first-order chi connectivity index (χ1) is 11.6. The zero-order valence-corrected chi connectivity index (χ0v) is 15.1. The van der Waals surface area contributed by atoms with Crippen LogP contribution in [0.1, 0.15) is 44.9 Å². The minimum Gasteiger partial charge on any atom is -0.481 e. The maximum Gasteiger partial charge on any atom is 0.303 e. The molecule has 24 heavy (non-hydrogen) atoms. The van der Waals surface area contributed by atoms with E-state index in [1.807, 2.05) is 9.80 Å². The Labute approximate surface area is 147 Å². The summed E-state index contributed by atoms with van der Waals surface area (Å²) in [5.41, 5.74) is 0. The molecule has 0 aromatic heterocycles. The number of hydrogen-bond acceptors (Lipinski definition) is 4. The molecular formula is C17H28N2O4S. The van der Waals surface area contributed by atoms with E-state index in [-0.39, 0.29) is 18.2 Å². The first-order valence-corrected chi connectivity index (χ1v) is 10.1. The second kappa shape index (κ2) is 9.91. The second-order valence-corrected chi connectivity index (χ2v) is 7.70. The molecule has 2 aliphatic heterocycles. The molecule has 0 aliphatic carbocycles. The van der Waals surface area contributed by atoms with E-state index in [9.17, 15) is 14.4 Å². The van der Waals surface area contributed by atoms with E-state index in [0.29, 0.717) is 30.4 Å². The van der Waals surface area contributed by atoms with E-state index in [1.54, 1.807) is 0 Å². The number of amides is 2. The van der Waals surface area contributed by atoms with E-state index in [1.165, 1.54) is 18.2 Å². The molecule has 2 rings (SSSR count). The van der Waals surface area contributed by atoms with Gasteiger partial charge in [0.1, 0.15) is 0 Å². The summed E-state index contributed by atoms with van der Waals surface area (Å²) in [6.07, 6.45) is 6.12. The summed E-state index contributed by atoms with van der Waals surface area (Å²) in [7, 11) is 0. The highest BCUT2D eigenvalue weighted by atomic mass is 32.2. The fraction of sp³-hybridized carbons (Fsp3) is 0.824. The zero-order valence-electron chi connectivity index (χ0n) is 14.2. The lowest BCUT2D eigenvalue weighted by atomic mass is 9.93. The molecule has 0 aromatic rings. The molecule has 2 fully saturated rings. The molecule has 136 valence electrons. The van der Waals surface area contributed by atoms with Crippen LogP contribution in [0.25, 0.3) is 0 Å². The van der Waals surface area contributed by atoms with Crippen LogP contribution in [0.4, 0.5) is 0 Å². The number of carbonyl (C=O) groups excluding carboxylic acids is 2. The predicted molar refractivity (Wildman–Crippen MR) is 93.9 cm³/mol. The Balaban J connectivity index is 1.65. The van der Waals surface area contributed by atoms with Crippen LogP contribution >= 0.6 is 11.8 Å². The van der Waals surface area contributed by atoms with Gasteiger partial charge in [0.25, 0.3) is 0 Å². The van der Waals surface area contributed by atoms with Crippen molar-refractivity contribution in [1.82, 2.24) is 9.80 Å². The van der Waals surface area contributed by atoms with Crippen molar-refractivity contribution in [2.75, 3.05) is 37.7 Å². The lowest BCUT2D eigenvalue weighted by molar-refractivity contribution is -0.137. The van der Waals surface area contributed by atoms with E-state index >= 15 is 0 Å². The third kappa shape index (κ3) is 6.34. The normalized spacial score (nSPS) is 21.6. The minimum absolute atomic E-state index is 0.0754. The van der Waals surface area contributed by atoms with E-state index in [0.717, 1.165) is 45.3 Å². The molecule has 2 saturated heterocycles. The molecule has 2 aliphatic rings. The van der Waals surface area contributed by atoms with Gasteiger partial charge in [-0.2, -0.15) is 0 Å². The van der Waals surface area contributed by atoms with Gasteiger partial charge in [0.2, 0.25) is 11.8 Å². The largest absolute Gasteiger partial charge is 0.481 e. The van der Waals surface area contributed by atoms with Gasteiger partial charge in [-0.1, -0.05) is 0 Å². The second-order valence-electron chi connectivity index (χ2n) is 6.71. The summed E-state index contributed by atoms with van der Waals surface area (Å²) < 4.78 is 0. The maximum atomic E-state index is 12.3. The van der Waals surface area contributed by atoms with Gasteiger partial charge in [0, 0.05) is 32.6 Å². The first-order valence-electron chi connectivity index (χ1n) is 8.91. The minimum atomic E-state index is -0.773. The Morgan fingerprint density at radius 2 is 1.54 bits per heavy atom. The average Bonchev–Trinajstić information content (AvgIpc) is 2.60. The highest BCUT2D eigenvalue weighted by molar-refractivity contribution is 8.00. The molecule has 2 amide bonds. The molecule has 0 saturated carbocycles. The average molecular weight is 356 g/mol. The van der Waals surface area contributed by atoms with Gasteiger partial charge < -0.3 is 14.9 Å². The standard InChI is InChI=1S/C17H28N2O4S/c20-15(18-8-2-1-3-9-18)12-24-13-16(21)19-10-4-5-14(11-19)6-7-17(22)23/h14H,1-13H2,(H,22,23). The van der Waals surface area contributed by atoms with Crippen molar-refractivity contribution in [2.45, 2.75) is 44.9 Å².